The van der Waals surface area contributed by atoms with E-state index in [9.17, 15) is 22.8 Å². The summed E-state index contributed by atoms with van der Waals surface area (Å²) in [7, 11) is 3.22. The van der Waals surface area contributed by atoms with Crippen LogP contribution < -0.4 is 5.32 Å². The first-order valence-electron chi connectivity index (χ1n) is 6.89. The van der Waals surface area contributed by atoms with Crippen LogP contribution in [0.5, 0.6) is 0 Å². The number of hydrogen-bond acceptors (Lipinski definition) is 3. The predicted molar refractivity (Wildman–Crippen MR) is 79.8 cm³/mol. The Kier molecular flexibility index (Phi) is 4.91. The van der Waals surface area contributed by atoms with Gasteiger partial charge in [-0.2, -0.15) is 13.2 Å². The van der Waals surface area contributed by atoms with E-state index in [0.717, 1.165) is 22.7 Å². The molecule has 0 bridgehead atoms. The van der Waals surface area contributed by atoms with Gasteiger partial charge >= 0.3 is 18.0 Å². The highest BCUT2D eigenvalue weighted by Crippen LogP contribution is 2.28. The first-order chi connectivity index (χ1) is 11.2. The summed E-state index contributed by atoms with van der Waals surface area (Å²) < 4.78 is 39.6. The second-order valence-electron chi connectivity index (χ2n) is 5.13. The topological polar surface area (TPSA) is 67.2 Å². The molecule has 0 radical (unpaired) electrons. The molecular weight excluding hydrogens is 325 g/mol. The smallest absolute Gasteiger partial charge is 0.353 e. The third-order valence-corrected chi connectivity index (χ3v) is 3.27. The number of hydrogen-bond donors (Lipinski definition) is 1. The molecule has 0 aliphatic heterocycles. The maximum Gasteiger partial charge on any atom is 0.433 e. The second kappa shape index (κ2) is 6.73. The van der Waals surface area contributed by atoms with Gasteiger partial charge in [-0.15, -0.1) is 0 Å². The van der Waals surface area contributed by atoms with Crippen molar-refractivity contribution >= 4 is 17.6 Å². The molecule has 0 saturated heterocycles. The van der Waals surface area contributed by atoms with Crippen LogP contribution in [-0.2, 0) is 29.4 Å². The van der Waals surface area contributed by atoms with Crippen molar-refractivity contribution in [3.05, 3.63) is 47.9 Å². The highest BCUT2D eigenvalue weighted by atomic mass is 19.4. The number of alkyl halides is 3. The SMILES string of the molecule is CN(Cc1cccn1C)C(=O)C(=O)Nc1cccc(C(F)(F)F)n1. The van der Waals surface area contributed by atoms with E-state index in [-0.39, 0.29) is 12.4 Å². The lowest BCUT2D eigenvalue weighted by atomic mass is 10.3. The highest BCUT2D eigenvalue weighted by Gasteiger charge is 2.32. The van der Waals surface area contributed by atoms with Gasteiger partial charge in [-0.3, -0.25) is 9.59 Å². The van der Waals surface area contributed by atoms with Gasteiger partial charge in [0.25, 0.3) is 0 Å². The summed E-state index contributed by atoms with van der Waals surface area (Å²) >= 11 is 0. The number of pyridine rings is 1. The van der Waals surface area contributed by atoms with Crippen molar-refractivity contribution in [1.29, 1.82) is 0 Å². The van der Waals surface area contributed by atoms with Crippen LogP contribution in [0.4, 0.5) is 19.0 Å². The number of nitrogens with one attached hydrogen (secondary N) is 1. The Morgan fingerprint density at radius 3 is 2.54 bits per heavy atom. The molecule has 0 atom stereocenters. The van der Waals surface area contributed by atoms with Gasteiger partial charge in [-0.25, -0.2) is 4.98 Å². The summed E-state index contributed by atoms with van der Waals surface area (Å²) in [5.74, 6) is -2.27. The molecule has 2 amide bonds. The molecule has 6 nitrogen and oxygen atoms in total. The standard InChI is InChI=1S/C15H15F3N4O2/c1-21-8-4-5-10(21)9-22(2)14(24)13(23)20-12-7-3-6-11(19-12)15(16,17)18/h3-8H,9H2,1-2H3,(H,19,20,23). The molecule has 0 fully saturated rings. The van der Waals surface area contributed by atoms with Crippen molar-refractivity contribution < 1.29 is 22.8 Å². The molecule has 9 heteroatoms. The second-order valence-corrected chi connectivity index (χ2v) is 5.13. The van der Waals surface area contributed by atoms with E-state index >= 15 is 0 Å². The number of amides is 2. The van der Waals surface area contributed by atoms with Crippen LogP contribution in [0.1, 0.15) is 11.4 Å². The Labute approximate surface area is 135 Å². The molecular formula is C15H15F3N4O2. The quantitative estimate of drug-likeness (QED) is 0.870. The van der Waals surface area contributed by atoms with Crippen LogP contribution in [0.25, 0.3) is 0 Å². The fourth-order valence-electron chi connectivity index (χ4n) is 1.98. The number of likely N-dealkylation sites (N-methyl/N-ethyl adjacent to an activating group) is 1. The first-order valence-corrected chi connectivity index (χ1v) is 6.89. The molecule has 24 heavy (non-hydrogen) atoms. The zero-order chi connectivity index (χ0) is 17.9. The molecule has 0 unspecified atom stereocenters. The van der Waals surface area contributed by atoms with Crippen LogP contribution >= 0.6 is 0 Å². The Balaban J connectivity index is 2.04. The number of carbonyl (C=O) groups is 2. The summed E-state index contributed by atoms with van der Waals surface area (Å²) in [6.45, 7) is 0.186. The maximum atomic E-state index is 12.6. The van der Waals surface area contributed by atoms with Crippen molar-refractivity contribution in [3.8, 4) is 0 Å². The van der Waals surface area contributed by atoms with E-state index in [1.54, 1.807) is 29.9 Å². The molecule has 2 heterocycles. The number of rotatable bonds is 3. The Morgan fingerprint density at radius 2 is 1.96 bits per heavy atom. The van der Waals surface area contributed by atoms with Crippen LogP contribution in [0, 0.1) is 0 Å². The fraction of sp³-hybridized carbons (Fsp3) is 0.267. The molecule has 1 N–H and O–H groups in total. The first kappa shape index (κ1) is 17.5. The number of aromatic nitrogens is 2. The highest BCUT2D eigenvalue weighted by molar-refractivity contribution is 6.39. The Hall–Kier alpha value is -2.84. The molecule has 2 aromatic heterocycles. The van der Waals surface area contributed by atoms with Crippen LogP contribution in [0.15, 0.2) is 36.5 Å². The molecule has 0 aliphatic rings. The van der Waals surface area contributed by atoms with Gasteiger partial charge < -0.3 is 14.8 Å². The van der Waals surface area contributed by atoms with Crippen molar-refractivity contribution in [1.82, 2.24) is 14.5 Å². The van der Waals surface area contributed by atoms with Gasteiger partial charge in [0, 0.05) is 26.0 Å². The summed E-state index contributed by atoms with van der Waals surface area (Å²) in [6, 6.07) is 6.64. The monoisotopic (exact) mass is 340 g/mol. The molecule has 2 aromatic rings. The lowest BCUT2D eigenvalue weighted by molar-refractivity contribution is -0.142. The van der Waals surface area contributed by atoms with Gasteiger partial charge in [-0.1, -0.05) is 6.07 Å². The largest absolute Gasteiger partial charge is 0.433 e. The predicted octanol–water partition coefficient (Wildman–Crippen LogP) is 2.04. The lowest BCUT2D eigenvalue weighted by Gasteiger charge is -2.17. The van der Waals surface area contributed by atoms with E-state index in [0.29, 0.717) is 0 Å². The summed E-state index contributed by atoms with van der Waals surface area (Å²) in [6.07, 6.45) is -2.84. The van der Waals surface area contributed by atoms with E-state index in [1.807, 2.05) is 0 Å². The Morgan fingerprint density at radius 1 is 1.25 bits per heavy atom. The van der Waals surface area contributed by atoms with E-state index < -0.39 is 23.7 Å². The van der Waals surface area contributed by atoms with E-state index in [1.165, 1.54) is 13.1 Å². The van der Waals surface area contributed by atoms with Crippen molar-refractivity contribution in [3.63, 3.8) is 0 Å². The normalized spacial score (nSPS) is 11.2. The Bertz CT molecular complexity index is 755. The molecule has 0 aromatic carbocycles. The minimum atomic E-state index is -4.63. The van der Waals surface area contributed by atoms with Gasteiger partial charge in [0.15, 0.2) is 0 Å². The average molecular weight is 340 g/mol. The van der Waals surface area contributed by atoms with Crippen molar-refractivity contribution in [2.45, 2.75) is 12.7 Å². The molecule has 0 aliphatic carbocycles. The number of nitrogens with zero attached hydrogens (tertiary/aromatic N) is 3. The molecule has 0 saturated carbocycles. The van der Waals surface area contributed by atoms with Gasteiger partial charge in [0.05, 0.1) is 6.54 Å². The maximum absolute atomic E-state index is 12.6. The number of anilines is 1. The minimum Gasteiger partial charge on any atom is -0.353 e. The third kappa shape index (κ3) is 4.12. The zero-order valence-corrected chi connectivity index (χ0v) is 13.0. The number of carbonyl (C=O) groups excluding carboxylic acids is 2. The average Bonchev–Trinajstić information content (AvgIpc) is 2.91. The van der Waals surface area contributed by atoms with Crippen LogP contribution in [0.3, 0.4) is 0 Å². The van der Waals surface area contributed by atoms with Crippen LogP contribution in [0.2, 0.25) is 0 Å². The lowest BCUT2D eigenvalue weighted by Crippen LogP contribution is -2.37. The van der Waals surface area contributed by atoms with Gasteiger partial charge in [0.2, 0.25) is 0 Å². The summed E-state index contributed by atoms with van der Waals surface area (Å²) in [5, 5.41) is 2.08. The third-order valence-electron chi connectivity index (χ3n) is 3.27. The molecule has 128 valence electrons. The number of halogens is 3. The fourth-order valence-corrected chi connectivity index (χ4v) is 1.98. The molecule has 2 rings (SSSR count). The van der Waals surface area contributed by atoms with Gasteiger partial charge in [-0.05, 0) is 24.3 Å². The minimum absolute atomic E-state index is 0.186. The van der Waals surface area contributed by atoms with E-state index in [2.05, 4.69) is 10.3 Å². The van der Waals surface area contributed by atoms with Gasteiger partial charge in [0.1, 0.15) is 11.5 Å². The van der Waals surface area contributed by atoms with Crippen molar-refractivity contribution in [2.24, 2.45) is 7.05 Å². The van der Waals surface area contributed by atoms with Crippen LogP contribution in [-0.4, -0.2) is 33.3 Å². The van der Waals surface area contributed by atoms with Crippen molar-refractivity contribution in [2.75, 3.05) is 12.4 Å². The number of aryl methyl sites for hydroxylation is 1. The zero-order valence-electron chi connectivity index (χ0n) is 13.0. The summed E-state index contributed by atoms with van der Waals surface area (Å²) in [4.78, 5) is 28.4. The van der Waals surface area contributed by atoms with E-state index in [4.69, 9.17) is 0 Å². The molecule has 0 spiro atoms. The summed E-state index contributed by atoms with van der Waals surface area (Å²) in [5.41, 5.74) is -0.347.